The van der Waals surface area contributed by atoms with Crippen LogP contribution in [0.4, 0.5) is 0 Å². The van der Waals surface area contributed by atoms with Crippen LogP contribution < -0.4 is 10.1 Å². The number of nitrogens with one attached hydrogen (secondary N) is 1. The zero-order chi connectivity index (χ0) is 25.0. The fourth-order valence-electron chi connectivity index (χ4n) is 4.45. The van der Waals surface area contributed by atoms with Crippen molar-refractivity contribution in [1.82, 2.24) is 20.1 Å². The number of ether oxygens (including phenoxy) is 1. The molecule has 0 saturated heterocycles. The Balaban J connectivity index is 1.49. The molecule has 1 fully saturated rings. The van der Waals surface area contributed by atoms with Gasteiger partial charge in [-0.3, -0.25) is 9.36 Å². The Bertz CT molecular complexity index is 1130. The number of benzene rings is 2. The van der Waals surface area contributed by atoms with Gasteiger partial charge < -0.3 is 10.1 Å². The zero-order valence-corrected chi connectivity index (χ0v) is 22.2. The second-order valence-corrected chi connectivity index (χ2v) is 11.6. The summed E-state index contributed by atoms with van der Waals surface area (Å²) in [6.07, 6.45) is 4.67. The highest BCUT2D eigenvalue weighted by atomic mass is 32.2. The number of aromatic nitrogens is 3. The third-order valence-corrected chi connectivity index (χ3v) is 7.70. The Morgan fingerprint density at radius 3 is 2.34 bits per heavy atom. The Kier molecular flexibility index (Phi) is 7.85. The van der Waals surface area contributed by atoms with Crippen molar-refractivity contribution >= 4 is 17.7 Å². The summed E-state index contributed by atoms with van der Waals surface area (Å²) in [5.74, 6) is 1.69. The Labute approximate surface area is 212 Å². The number of carbonyl (C=O) groups excluding carboxylic acids is 1. The minimum absolute atomic E-state index is 0.0112. The van der Waals surface area contributed by atoms with E-state index in [0.717, 1.165) is 40.7 Å². The number of rotatable bonds is 8. The normalized spacial score (nSPS) is 15.2. The van der Waals surface area contributed by atoms with Crippen LogP contribution in [0, 0.1) is 0 Å². The van der Waals surface area contributed by atoms with Crippen LogP contribution >= 0.6 is 11.8 Å². The molecule has 1 atom stereocenters. The predicted molar refractivity (Wildman–Crippen MR) is 142 cm³/mol. The van der Waals surface area contributed by atoms with Gasteiger partial charge in [0.25, 0.3) is 0 Å². The predicted octanol–water partition coefficient (Wildman–Crippen LogP) is 6.16. The molecule has 3 aromatic rings. The summed E-state index contributed by atoms with van der Waals surface area (Å²) in [6.45, 7) is 9.07. The minimum Gasteiger partial charge on any atom is -0.497 e. The number of nitrogens with zero attached hydrogens (tertiary/aromatic N) is 3. The summed E-state index contributed by atoms with van der Waals surface area (Å²) in [5.41, 5.74) is 3.50. The quantitative estimate of drug-likeness (QED) is 0.381. The van der Waals surface area contributed by atoms with E-state index in [1.807, 2.05) is 31.2 Å². The molecule has 6 nitrogen and oxygen atoms in total. The van der Waals surface area contributed by atoms with Gasteiger partial charge in [-0.15, -0.1) is 10.2 Å². The van der Waals surface area contributed by atoms with E-state index in [1.165, 1.54) is 30.2 Å². The third-order valence-electron chi connectivity index (χ3n) is 6.64. The first-order valence-electron chi connectivity index (χ1n) is 12.4. The summed E-state index contributed by atoms with van der Waals surface area (Å²) < 4.78 is 7.48. The van der Waals surface area contributed by atoms with Crippen LogP contribution in [0.2, 0.25) is 0 Å². The van der Waals surface area contributed by atoms with Gasteiger partial charge in [-0.25, -0.2) is 0 Å². The highest BCUT2D eigenvalue weighted by Gasteiger charge is 2.27. The van der Waals surface area contributed by atoms with E-state index in [2.05, 4.69) is 65.1 Å². The second-order valence-electron chi connectivity index (χ2n) is 10.3. The maximum Gasteiger partial charge on any atom is 0.233 e. The number of hydrogen-bond acceptors (Lipinski definition) is 5. The molecule has 1 N–H and O–H groups in total. The SMILES string of the molecule is COc1ccc(CNC(=O)C(C)Sc2nnc(-c3ccc(C(C)(C)C)cc3)n2C2CCCC2)cc1. The average Bonchev–Trinajstić information content (AvgIpc) is 3.52. The van der Waals surface area contributed by atoms with E-state index < -0.39 is 0 Å². The molecule has 1 amide bonds. The van der Waals surface area contributed by atoms with Crippen molar-refractivity contribution in [2.45, 2.75) is 81.8 Å². The van der Waals surface area contributed by atoms with Crippen molar-refractivity contribution in [3.05, 3.63) is 59.7 Å². The van der Waals surface area contributed by atoms with Crippen molar-refractivity contribution in [3.8, 4) is 17.1 Å². The molecule has 186 valence electrons. The van der Waals surface area contributed by atoms with Crippen LogP contribution in [0.25, 0.3) is 11.4 Å². The lowest BCUT2D eigenvalue weighted by molar-refractivity contribution is -0.120. The topological polar surface area (TPSA) is 69.0 Å². The van der Waals surface area contributed by atoms with Gasteiger partial charge in [-0.2, -0.15) is 0 Å². The van der Waals surface area contributed by atoms with Crippen LogP contribution in [0.3, 0.4) is 0 Å². The van der Waals surface area contributed by atoms with E-state index >= 15 is 0 Å². The number of methoxy groups -OCH3 is 1. The Morgan fingerprint density at radius 2 is 1.74 bits per heavy atom. The maximum absolute atomic E-state index is 12.9. The number of carbonyl (C=O) groups is 1. The molecule has 0 bridgehead atoms. The molecule has 35 heavy (non-hydrogen) atoms. The van der Waals surface area contributed by atoms with Crippen molar-refractivity contribution in [2.75, 3.05) is 7.11 Å². The van der Waals surface area contributed by atoms with Crippen LogP contribution in [0.5, 0.6) is 5.75 Å². The van der Waals surface area contributed by atoms with Gasteiger partial charge in [0.2, 0.25) is 5.91 Å². The van der Waals surface area contributed by atoms with Crippen LogP contribution in [-0.4, -0.2) is 33.0 Å². The van der Waals surface area contributed by atoms with E-state index in [0.29, 0.717) is 12.6 Å². The fourth-order valence-corrected chi connectivity index (χ4v) is 5.40. The monoisotopic (exact) mass is 492 g/mol. The second kappa shape index (κ2) is 10.9. The fraction of sp³-hybridized carbons (Fsp3) is 0.464. The van der Waals surface area contributed by atoms with Gasteiger partial charge in [0.05, 0.1) is 12.4 Å². The highest BCUT2D eigenvalue weighted by molar-refractivity contribution is 8.00. The van der Waals surface area contributed by atoms with Gasteiger partial charge in [0, 0.05) is 18.2 Å². The first-order valence-corrected chi connectivity index (χ1v) is 13.3. The van der Waals surface area contributed by atoms with Gasteiger partial charge in [0.1, 0.15) is 5.75 Å². The van der Waals surface area contributed by atoms with Crippen LogP contribution in [0.15, 0.2) is 53.7 Å². The summed E-state index contributed by atoms with van der Waals surface area (Å²) in [5, 5.41) is 12.7. The first kappa shape index (κ1) is 25.3. The molecule has 1 unspecified atom stereocenters. The van der Waals surface area contributed by atoms with Gasteiger partial charge in [0.15, 0.2) is 11.0 Å². The van der Waals surface area contributed by atoms with Crippen molar-refractivity contribution in [1.29, 1.82) is 0 Å². The lowest BCUT2D eigenvalue weighted by Crippen LogP contribution is -2.30. The van der Waals surface area contributed by atoms with Crippen molar-refractivity contribution in [3.63, 3.8) is 0 Å². The van der Waals surface area contributed by atoms with Crippen LogP contribution in [0.1, 0.15) is 70.5 Å². The Morgan fingerprint density at radius 1 is 1.09 bits per heavy atom. The maximum atomic E-state index is 12.9. The van der Waals surface area contributed by atoms with Gasteiger partial charge in [-0.1, -0.05) is 81.8 Å². The molecule has 4 rings (SSSR count). The summed E-state index contributed by atoms with van der Waals surface area (Å²) in [4.78, 5) is 12.9. The smallest absolute Gasteiger partial charge is 0.233 e. The van der Waals surface area contributed by atoms with Gasteiger partial charge in [-0.05, 0) is 48.4 Å². The number of thioether (sulfide) groups is 1. The largest absolute Gasteiger partial charge is 0.497 e. The van der Waals surface area contributed by atoms with Crippen molar-refractivity contribution < 1.29 is 9.53 Å². The van der Waals surface area contributed by atoms with Crippen molar-refractivity contribution in [2.24, 2.45) is 0 Å². The molecule has 1 saturated carbocycles. The summed E-state index contributed by atoms with van der Waals surface area (Å²) in [7, 11) is 1.65. The standard InChI is InChI=1S/C28H36N4O2S/c1-19(26(33)29-18-20-10-16-24(34-5)17-11-20)35-27-31-30-25(32(27)23-8-6-7-9-23)21-12-14-22(15-13-21)28(2,3)4/h10-17,19,23H,6-9,18H2,1-5H3,(H,29,33). The molecular weight excluding hydrogens is 456 g/mol. The summed E-state index contributed by atoms with van der Waals surface area (Å²) in [6, 6.07) is 16.8. The van der Waals surface area contributed by atoms with E-state index in [1.54, 1.807) is 7.11 Å². The minimum atomic E-state index is -0.284. The molecule has 2 aromatic carbocycles. The third kappa shape index (κ3) is 6.07. The highest BCUT2D eigenvalue weighted by Crippen LogP contribution is 2.38. The molecule has 0 spiro atoms. The van der Waals surface area contributed by atoms with E-state index in [4.69, 9.17) is 4.74 Å². The molecule has 7 heteroatoms. The summed E-state index contributed by atoms with van der Waals surface area (Å²) >= 11 is 1.49. The molecular formula is C28H36N4O2S. The first-order chi connectivity index (χ1) is 16.8. The lowest BCUT2D eigenvalue weighted by Gasteiger charge is -2.20. The average molecular weight is 493 g/mol. The Hall–Kier alpha value is -2.80. The van der Waals surface area contributed by atoms with E-state index in [-0.39, 0.29) is 16.6 Å². The molecule has 0 aliphatic heterocycles. The zero-order valence-electron chi connectivity index (χ0n) is 21.4. The molecule has 0 radical (unpaired) electrons. The number of amides is 1. The van der Waals surface area contributed by atoms with Crippen LogP contribution in [-0.2, 0) is 16.8 Å². The molecule has 1 heterocycles. The molecule has 1 aromatic heterocycles. The van der Waals surface area contributed by atoms with E-state index in [9.17, 15) is 4.79 Å². The molecule has 1 aliphatic carbocycles. The van der Waals surface area contributed by atoms with Gasteiger partial charge >= 0.3 is 0 Å². The number of hydrogen-bond donors (Lipinski definition) is 1. The lowest BCUT2D eigenvalue weighted by atomic mass is 9.86. The molecule has 1 aliphatic rings.